The fourth-order valence-electron chi connectivity index (χ4n) is 2.02. The summed E-state index contributed by atoms with van der Waals surface area (Å²) < 4.78 is 5.02. The van der Waals surface area contributed by atoms with Gasteiger partial charge in [0.15, 0.2) is 5.96 Å². The lowest BCUT2D eigenvalue weighted by Gasteiger charge is -2.10. The van der Waals surface area contributed by atoms with Crippen LogP contribution in [0.2, 0.25) is 0 Å². The summed E-state index contributed by atoms with van der Waals surface area (Å²) in [5, 5.41) is 9.83. The Labute approximate surface area is 145 Å². The Morgan fingerprint density at radius 1 is 1.35 bits per heavy atom. The van der Waals surface area contributed by atoms with Gasteiger partial charge in [-0.2, -0.15) is 0 Å². The number of hydrogen-bond acceptors (Lipinski definition) is 5. The first-order valence-electron chi connectivity index (χ1n) is 7.75. The molecular weight excluding hydrogens is 328 g/mol. The van der Waals surface area contributed by atoms with E-state index in [0.29, 0.717) is 13.2 Å². The minimum Gasteiger partial charge on any atom is -0.383 e. The molecule has 0 fully saturated rings. The summed E-state index contributed by atoms with van der Waals surface area (Å²) in [4.78, 5) is 11.6. The fraction of sp³-hybridized carbons (Fsp3) is 0.500. The molecular formula is C16H24N4OS2. The summed E-state index contributed by atoms with van der Waals surface area (Å²) >= 11 is 3.50. The molecule has 126 valence electrons. The van der Waals surface area contributed by atoms with Gasteiger partial charge in [-0.05, 0) is 32.4 Å². The van der Waals surface area contributed by atoms with E-state index in [1.54, 1.807) is 18.4 Å². The Hall–Kier alpha value is -1.44. The van der Waals surface area contributed by atoms with Crippen LogP contribution in [0.4, 0.5) is 0 Å². The van der Waals surface area contributed by atoms with Gasteiger partial charge in [-0.15, -0.1) is 22.7 Å². The number of aliphatic imine (C=N–C) groups is 1. The fourth-order valence-corrected chi connectivity index (χ4v) is 3.68. The monoisotopic (exact) mass is 352 g/mol. The highest BCUT2D eigenvalue weighted by Crippen LogP contribution is 2.29. The predicted molar refractivity (Wildman–Crippen MR) is 99.7 cm³/mol. The Bertz CT molecular complexity index is 621. The molecule has 0 bridgehead atoms. The zero-order chi connectivity index (χ0) is 16.5. The molecule has 0 radical (unpaired) electrons. The Kier molecular flexibility index (Phi) is 7.51. The number of nitrogens with zero attached hydrogens (tertiary/aromatic N) is 2. The molecule has 7 heteroatoms. The molecule has 0 aliphatic carbocycles. The minimum atomic E-state index is 0.637. The number of guanidine groups is 1. The molecule has 5 nitrogen and oxygen atoms in total. The predicted octanol–water partition coefficient (Wildman–Crippen LogP) is 2.92. The van der Waals surface area contributed by atoms with E-state index in [9.17, 15) is 0 Å². The minimum absolute atomic E-state index is 0.637. The van der Waals surface area contributed by atoms with E-state index in [2.05, 4.69) is 45.0 Å². The molecule has 0 saturated heterocycles. The van der Waals surface area contributed by atoms with Crippen molar-refractivity contribution in [3.05, 3.63) is 27.4 Å². The van der Waals surface area contributed by atoms with Crippen molar-refractivity contribution in [3.8, 4) is 10.6 Å². The van der Waals surface area contributed by atoms with E-state index in [1.165, 1.54) is 9.75 Å². The maximum absolute atomic E-state index is 5.02. The van der Waals surface area contributed by atoms with Crippen molar-refractivity contribution in [2.75, 3.05) is 33.4 Å². The smallest absolute Gasteiger partial charge is 0.191 e. The number of aromatic nitrogens is 1. The van der Waals surface area contributed by atoms with Gasteiger partial charge in [0.2, 0.25) is 0 Å². The summed E-state index contributed by atoms with van der Waals surface area (Å²) in [5.74, 6) is 0.844. The van der Waals surface area contributed by atoms with E-state index in [0.717, 1.165) is 36.2 Å². The van der Waals surface area contributed by atoms with Crippen molar-refractivity contribution in [2.24, 2.45) is 4.99 Å². The lowest BCUT2D eigenvalue weighted by molar-refractivity contribution is 0.208. The van der Waals surface area contributed by atoms with Crippen molar-refractivity contribution in [1.29, 1.82) is 0 Å². The van der Waals surface area contributed by atoms with Gasteiger partial charge >= 0.3 is 0 Å². The van der Waals surface area contributed by atoms with Gasteiger partial charge in [-0.3, -0.25) is 4.99 Å². The topological polar surface area (TPSA) is 58.5 Å². The molecule has 23 heavy (non-hydrogen) atoms. The largest absolute Gasteiger partial charge is 0.383 e. The first-order chi connectivity index (χ1) is 11.2. The molecule has 2 heterocycles. The van der Waals surface area contributed by atoms with Crippen LogP contribution in [-0.4, -0.2) is 44.3 Å². The van der Waals surface area contributed by atoms with Crippen molar-refractivity contribution in [1.82, 2.24) is 15.6 Å². The molecule has 2 N–H and O–H groups in total. The highest BCUT2D eigenvalue weighted by Gasteiger charge is 2.06. The van der Waals surface area contributed by atoms with Crippen LogP contribution in [0.1, 0.15) is 16.8 Å². The van der Waals surface area contributed by atoms with Gasteiger partial charge in [0.1, 0.15) is 0 Å². The van der Waals surface area contributed by atoms with Crippen molar-refractivity contribution < 1.29 is 4.74 Å². The van der Waals surface area contributed by atoms with E-state index in [1.807, 2.05) is 18.3 Å². The molecule has 0 aliphatic rings. The average Bonchev–Trinajstić information content (AvgIpc) is 3.16. The highest BCUT2D eigenvalue weighted by molar-refractivity contribution is 7.16. The molecule has 0 saturated carbocycles. The second-order valence-electron chi connectivity index (χ2n) is 4.95. The number of methoxy groups -OCH3 is 1. The van der Waals surface area contributed by atoms with E-state index in [4.69, 9.17) is 4.74 Å². The van der Waals surface area contributed by atoms with Crippen molar-refractivity contribution >= 4 is 28.6 Å². The molecule has 2 aromatic rings. The molecule has 0 aliphatic heterocycles. The number of nitrogens with one attached hydrogen (secondary N) is 2. The number of rotatable bonds is 8. The molecule has 0 atom stereocenters. The SMILES string of the molecule is CCNC(=NCCOC)NCCc1ccc(-c2csc(C)n2)s1. The molecule has 0 unspecified atom stereocenters. The van der Waals surface area contributed by atoms with Crippen LogP contribution in [0.3, 0.4) is 0 Å². The lowest BCUT2D eigenvalue weighted by atomic mass is 10.3. The average molecular weight is 353 g/mol. The lowest BCUT2D eigenvalue weighted by Crippen LogP contribution is -2.38. The quantitative estimate of drug-likeness (QED) is 0.436. The van der Waals surface area contributed by atoms with Gasteiger partial charge in [0, 0.05) is 30.5 Å². The van der Waals surface area contributed by atoms with Crippen molar-refractivity contribution in [2.45, 2.75) is 20.3 Å². The van der Waals surface area contributed by atoms with Crippen LogP contribution in [0, 0.1) is 6.92 Å². The van der Waals surface area contributed by atoms with Crippen LogP contribution in [0.5, 0.6) is 0 Å². The van der Waals surface area contributed by atoms with Crippen LogP contribution in [0.25, 0.3) is 10.6 Å². The summed E-state index contributed by atoms with van der Waals surface area (Å²) in [6.45, 7) is 7.11. The van der Waals surface area contributed by atoms with Crippen LogP contribution in [0.15, 0.2) is 22.5 Å². The van der Waals surface area contributed by atoms with Gasteiger partial charge in [-0.1, -0.05) is 0 Å². The third-order valence-electron chi connectivity index (χ3n) is 3.11. The Morgan fingerprint density at radius 2 is 2.22 bits per heavy atom. The summed E-state index contributed by atoms with van der Waals surface area (Å²) in [6.07, 6.45) is 0.975. The molecule has 0 amide bonds. The zero-order valence-electron chi connectivity index (χ0n) is 13.9. The van der Waals surface area contributed by atoms with Crippen LogP contribution >= 0.6 is 22.7 Å². The van der Waals surface area contributed by atoms with E-state index in [-0.39, 0.29) is 0 Å². The summed E-state index contributed by atoms with van der Waals surface area (Å²) in [6, 6.07) is 4.34. The molecule has 0 spiro atoms. The van der Waals surface area contributed by atoms with Gasteiger partial charge in [0.05, 0.1) is 28.7 Å². The highest BCUT2D eigenvalue weighted by atomic mass is 32.1. The third-order valence-corrected chi connectivity index (χ3v) is 5.05. The standard InChI is InChI=1S/C16H24N4OS2/c1-4-17-16(19-9-10-21-3)18-8-7-13-5-6-15(23-13)14-11-22-12(2)20-14/h5-6,11H,4,7-10H2,1-3H3,(H2,17,18,19). The second kappa shape index (κ2) is 9.64. The van der Waals surface area contributed by atoms with Gasteiger partial charge < -0.3 is 15.4 Å². The maximum atomic E-state index is 5.02. The van der Waals surface area contributed by atoms with Crippen LogP contribution in [-0.2, 0) is 11.2 Å². The number of ether oxygens (including phenoxy) is 1. The van der Waals surface area contributed by atoms with Gasteiger partial charge in [0.25, 0.3) is 0 Å². The second-order valence-corrected chi connectivity index (χ2v) is 7.18. The summed E-state index contributed by atoms with van der Waals surface area (Å²) in [5.41, 5.74) is 1.09. The zero-order valence-corrected chi connectivity index (χ0v) is 15.5. The maximum Gasteiger partial charge on any atom is 0.191 e. The summed E-state index contributed by atoms with van der Waals surface area (Å²) in [7, 11) is 1.69. The van der Waals surface area contributed by atoms with Gasteiger partial charge in [-0.25, -0.2) is 4.98 Å². The van der Waals surface area contributed by atoms with E-state index < -0.39 is 0 Å². The molecule has 2 aromatic heterocycles. The molecule has 0 aromatic carbocycles. The Balaban J connectivity index is 1.83. The number of aryl methyl sites for hydroxylation is 1. The van der Waals surface area contributed by atoms with Crippen LogP contribution < -0.4 is 10.6 Å². The first-order valence-corrected chi connectivity index (χ1v) is 9.45. The normalized spacial score (nSPS) is 11.7. The molecule has 2 rings (SSSR count). The number of hydrogen-bond donors (Lipinski definition) is 2. The number of thiophene rings is 1. The first kappa shape index (κ1) is 17.9. The number of thiazole rings is 1. The van der Waals surface area contributed by atoms with E-state index >= 15 is 0 Å². The van der Waals surface area contributed by atoms with Crippen molar-refractivity contribution in [3.63, 3.8) is 0 Å². The Morgan fingerprint density at radius 3 is 2.91 bits per heavy atom. The third kappa shape index (κ3) is 5.93.